The highest BCUT2D eigenvalue weighted by atomic mass is 16.5. The number of ether oxygens (including phenoxy) is 1. The van der Waals surface area contributed by atoms with E-state index in [2.05, 4.69) is 15.3 Å². The van der Waals surface area contributed by atoms with Crippen LogP contribution in [0.2, 0.25) is 0 Å². The van der Waals surface area contributed by atoms with Crippen molar-refractivity contribution in [3.63, 3.8) is 0 Å². The van der Waals surface area contributed by atoms with E-state index in [0.717, 1.165) is 42.6 Å². The smallest absolute Gasteiger partial charge is 0.346 e. The highest BCUT2D eigenvalue weighted by molar-refractivity contribution is 6.07. The van der Waals surface area contributed by atoms with E-state index in [0.29, 0.717) is 6.42 Å². The second kappa shape index (κ2) is 6.60. The number of benzene rings is 1. The van der Waals surface area contributed by atoms with Crippen LogP contribution in [0.1, 0.15) is 25.8 Å². The summed E-state index contributed by atoms with van der Waals surface area (Å²) in [4.78, 5) is 26.4. The van der Waals surface area contributed by atoms with Gasteiger partial charge in [0.1, 0.15) is 5.54 Å². The van der Waals surface area contributed by atoms with Crippen molar-refractivity contribution in [2.24, 2.45) is 5.10 Å². The molecular formula is C17H22N4O3. The molecule has 3 rings (SSSR count). The van der Waals surface area contributed by atoms with Gasteiger partial charge in [-0.25, -0.2) is 4.79 Å². The Kier molecular flexibility index (Phi) is 4.53. The number of carbonyl (C=O) groups excluding carboxylic acids is 2. The largest absolute Gasteiger partial charge is 0.378 e. The highest BCUT2D eigenvalue weighted by Crippen LogP contribution is 2.21. The molecule has 7 nitrogen and oxygen atoms in total. The van der Waals surface area contributed by atoms with E-state index in [-0.39, 0.29) is 5.91 Å². The first-order valence-corrected chi connectivity index (χ1v) is 8.17. The van der Waals surface area contributed by atoms with Crippen molar-refractivity contribution in [2.75, 3.05) is 31.2 Å². The zero-order valence-electron chi connectivity index (χ0n) is 14.0. The quantitative estimate of drug-likeness (QED) is 0.672. The first kappa shape index (κ1) is 16.4. The number of urea groups is 1. The lowest BCUT2D eigenvalue weighted by molar-refractivity contribution is -0.130. The molecule has 1 atom stereocenters. The molecule has 2 saturated heterocycles. The van der Waals surface area contributed by atoms with Gasteiger partial charge < -0.3 is 15.0 Å². The number of hydrogen-bond acceptors (Lipinski definition) is 5. The Labute approximate surface area is 141 Å². The molecule has 7 heteroatoms. The van der Waals surface area contributed by atoms with Crippen LogP contribution in [0, 0.1) is 0 Å². The topological polar surface area (TPSA) is 74.2 Å². The Morgan fingerprint density at radius 3 is 2.50 bits per heavy atom. The predicted molar refractivity (Wildman–Crippen MR) is 91.1 cm³/mol. The van der Waals surface area contributed by atoms with Gasteiger partial charge in [0.15, 0.2) is 0 Å². The molecule has 0 spiro atoms. The van der Waals surface area contributed by atoms with E-state index in [1.165, 1.54) is 6.21 Å². The number of hydrazone groups is 1. The molecule has 0 aliphatic carbocycles. The normalized spacial score (nSPS) is 24.8. The SMILES string of the molecule is CC[C@]1(C)NC(=O)N(/N=C\c2ccc(N3CCOCC3)cc2)C1=O. The van der Waals surface area contributed by atoms with Gasteiger partial charge in [0.2, 0.25) is 0 Å². The fraction of sp³-hybridized carbons (Fsp3) is 0.471. The maximum absolute atomic E-state index is 12.3. The van der Waals surface area contributed by atoms with Crippen molar-refractivity contribution in [1.29, 1.82) is 0 Å². The average molecular weight is 330 g/mol. The van der Waals surface area contributed by atoms with Gasteiger partial charge in [0.05, 0.1) is 19.4 Å². The minimum atomic E-state index is -0.866. The Hall–Kier alpha value is -2.41. The second-order valence-electron chi connectivity index (χ2n) is 6.17. The molecule has 0 unspecified atom stereocenters. The number of carbonyl (C=O) groups is 2. The second-order valence-corrected chi connectivity index (χ2v) is 6.17. The molecule has 128 valence electrons. The lowest BCUT2D eigenvalue weighted by Gasteiger charge is -2.28. The van der Waals surface area contributed by atoms with Crippen LogP contribution in [-0.4, -0.2) is 55.0 Å². The van der Waals surface area contributed by atoms with Crippen molar-refractivity contribution in [3.8, 4) is 0 Å². The molecule has 0 bridgehead atoms. The van der Waals surface area contributed by atoms with Crippen molar-refractivity contribution in [1.82, 2.24) is 10.3 Å². The lowest BCUT2D eigenvalue weighted by atomic mass is 10.00. The molecule has 1 aromatic rings. The zero-order chi connectivity index (χ0) is 17.2. The molecule has 2 aliphatic rings. The number of morpholine rings is 1. The monoisotopic (exact) mass is 330 g/mol. The standard InChI is InChI=1S/C17H22N4O3/c1-3-17(2)15(22)21(16(23)19-17)18-12-13-4-6-14(7-5-13)20-8-10-24-11-9-20/h4-7,12H,3,8-11H2,1-2H3,(H,19,23)/b18-12-/t17-/m0/s1. The fourth-order valence-corrected chi connectivity index (χ4v) is 2.73. The molecule has 0 radical (unpaired) electrons. The summed E-state index contributed by atoms with van der Waals surface area (Å²) >= 11 is 0. The molecule has 0 aromatic heterocycles. The van der Waals surface area contributed by atoms with Gasteiger partial charge in [0.25, 0.3) is 5.91 Å². The molecule has 3 amide bonds. The van der Waals surface area contributed by atoms with E-state index in [4.69, 9.17) is 4.74 Å². The van der Waals surface area contributed by atoms with E-state index in [1.807, 2.05) is 31.2 Å². The number of imide groups is 1. The molecular weight excluding hydrogens is 308 g/mol. The van der Waals surface area contributed by atoms with Crippen LogP contribution in [0.5, 0.6) is 0 Å². The minimum Gasteiger partial charge on any atom is -0.378 e. The maximum atomic E-state index is 12.3. The average Bonchev–Trinajstić information content (AvgIpc) is 2.84. The predicted octanol–water partition coefficient (Wildman–Crippen LogP) is 1.58. The zero-order valence-corrected chi connectivity index (χ0v) is 14.0. The van der Waals surface area contributed by atoms with Gasteiger partial charge in [0, 0.05) is 18.8 Å². The van der Waals surface area contributed by atoms with Crippen LogP contribution in [0.15, 0.2) is 29.4 Å². The fourth-order valence-electron chi connectivity index (χ4n) is 2.73. The van der Waals surface area contributed by atoms with E-state index in [1.54, 1.807) is 6.92 Å². The summed E-state index contributed by atoms with van der Waals surface area (Å²) < 4.78 is 5.35. The number of nitrogens with zero attached hydrogens (tertiary/aromatic N) is 3. The molecule has 2 fully saturated rings. The maximum Gasteiger partial charge on any atom is 0.346 e. The van der Waals surface area contributed by atoms with Crippen LogP contribution in [-0.2, 0) is 9.53 Å². The summed E-state index contributed by atoms with van der Waals surface area (Å²) in [6.07, 6.45) is 2.06. The van der Waals surface area contributed by atoms with Crippen molar-refractivity contribution in [2.45, 2.75) is 25.8 Å². The van der Waals surface area contributed by atoms with Crippen molar-refractivity contribution in [3.05, 3.63) is 29.8 Å². The third kappa shape index (κ3) is 3.12. The summed E-state index contributed by atoms with van der Waals surface area (Å²) in [5.74, 6) is -0.323. The van der Waals surface area contributed by atoms with Gasteiger partial charge in [-0.05, 0) is 31.0 Å². The van der Waals surface area contributed by atoms with E-state index in [9.17, 15) is 9.59 Å². The summed E-state index contributed by atoms with van der Waals surface area (Å²) in [6, 6.07) is 7.38. The third-order valence-corrected chi connectivity index (χ3v) is 4.54. The van der Waals surface area contributed by atoms with Gasteiger partial charge in [-0.2, -0.15) is 5.10 Å². The molecule has 1 aromatic carbocycles. The lowest BCUT2D eigenvalue weighted by Crippen LogP contribution is -2.42. The van der Waals surface area contributed by atoms with Crippen LogP contribution in [0.25, 0.3) is 0 Å². The Bertz CT molecular complexity index is 652. The van der Waals surface area contributed by atoms with Gasteiger partial charge in [-0.15, -0.1) is 5.01 Å². The summed E-state index contributed by atoms with van der Waals surface area (Å²) in [6.45, 7) is 6.81. The number of nitrogens with one attached hydrogen (secondary N) is 1. The highest BCUT2D eigenvalue weighted by Gasteiger charge is 2.46. The Morgan fingerprint density at radius 2 is 1.92 bits per heavy atom. The van der Waals surface area contributed by atoms with Gasteiger partial charge in [-0.3, -0.25) is 4.79 Å². The minimum absolute atomic E-state index is 0.323. The van der Waals surface area contributed by atoms with Crippen LogP contribution >= 0.6 is 0 Å². The molecule has 2 aliphatic heterocycles. The van der Waals surface area contributed by atoms with Crippen LogP contribution < -0.4 is 10.2 Å². The molecule has 1 N–H and O–H groups in total. The van der Waals surface area contributed by atoms with E-state index < -0.39 is 11.6 Å². The van der Waals surface area contributed by atoms with Crippen molar-refractivity contribution < 1.29 is 14.3 Å². The number of hydrogen-bond donors (Lipinski definition) is 1. The number of anilines is 1. The Balaban J connectivity index is 1.68. The third-order valence-electron chi connectivity index (χ3n) is 4.54. The first-order valence-electron chi connectivity index (χ1n) is 8.17. The molecule has 0 saturated carbocycles. The first-order chi connectivity index (χ1) is 11.5. The summed E-state index contributed by atoms with van der Waals surface area (Å²) in [5, 5.41) is 7.63. The molecule has 24 heavy (non-hydrogen) atoms. The summed E-state index contributed by atoms with van der Waals surface area (Å²) in [7, 11) is 0. The van der Waals surface area contributed by atoms with Gasteiger partial charge >= 0.3 is 6.03 Å². The number of rotatable bonds is 4. The van der Waals surface area contributed by atoms with Crippen molar-refractivity contribution >= 4 is 23.8 Å². The number of amides is 3. The van der Waals surface area contributed by atoms with Crippen LogP contribution in [0.3, 0.4) is 0 Å². The van der Waals surface area contributed by atoms with Gasteiger partial charge in [-0.1, -0.05) is 19.1 Å². The Morgan fingerprint density at radius 1 is 1.25 bits per heavy atom. The van der Waals surface area contributed by atoms with E-state index >= 15 is 0 Å². The summed E-state index contributed by atoms with van der Waals surface area (Å²) in [5.41, 5.74) is 1.09. The molecule has 2 heterocycles. The van der Waals surface area contributed by atoms with Crippen LogP contribution in [0.4, 0.5) is 10.5 Å².